The molecule has 3 saturated heterocycles. The minimum atomic E-state index is -1.27. The van der Waals surface area contributed by atoms with Crippen molar-refractivity contribution in [2.45, 2.75) is 81.8 Å². The van der Waals surface area contributed by atoms with Crippen LogP contribution in [0.2, 0.25) is 0 Å². The van der Waals surface area contributed by atoms with Crippen molar-refractivity contribution < 1.29 is 33.8 Å². The van der Waals surface area contributed by atoms with Gasteiger partial charge in [0.25, 0.3) is 0 Å². The molecule has 10 nitrogen and oxygen atoms in total. The fourth-order valence-corrected chi connectivity index (χ4v) is 7.65. The van der Waals surface area contributed by atoms with Gasteiger partial charge in [0.05, 0.1) is 36.6 Å². The zero-order chi connectivity index (χ0) is 34.6. The molecular formula is C38H47N3O7. The quantitative estimate of drug-likeness (QED) is 0.230. The van der Waals surface area contributed by atoms with Crippen molar-refractivity contribution in [1.29, 1.82) is 0 Å². The Bertz CT molecular complexity index is 1510. The Morgan fingerprint density at radius 1 is 1.08 bits per heavy atom. The third-order valence-electron chi connectivity index (χ3n) is 9.84. The molecule has 0 aromatic heterocycles. The Balaban J connectivity index is 1.52. The Hall–Kier alpha value is -4.28. The molecule has 10 heteroatoms. The highest BCUT2D eigenvalue weighted by atomic mass is 16.5. The number of aliphatic hydroxyl groups excluding tert-OH is 1. The molecule has 0 saturated carbocycles. The molecule has 48 heavy (non-hydrogen) atoms. The Kier molecular flexibility index (Phi) is 10.6. The summed E-state index contributed by atoms with van der Waals surface area (Å²) in [6, 6.07) is 15.7. The van der Waals surface area contributed by atoms with Crippen molar-refractivity contribution >= 4 is 23.7 Å². The number of amides is 3. The van der Waals surface area contributed by atoms with Crippen LogP contribution in [0.4, 0.5) is 0 Å². The number of nitrogens with one attached hydrogen (secondary N) is 1. The van der Waals surface area contributed by atoms with Gasteiger partial charge in [0.2, 0.25) is 17.7 Å². The SMILES string of the molecule is C=CCCC(=O)OC[C@@H](NC(=O)[C@@H]1[C@@H]2CC[C@]3(O2)[C@H](C(=O)N(CC=C)C(C)(C)C)N([C@H](CO)c2ccccc2)C(=O)[C@@H]13)c1ccccc1. The summed E-state index contributed by atoms with van der Waals surface area (Å²) in [5.74, 6) is -3.40. The maximum atomic E-state index is 14.8. The highest BCUT2D eigenvalue weighted by Crippen LogP contribution is 2.60. The van der Waals surface area contributed by atoms with Crippen LogP contribution in [-0.2, 0) is 28.7 Å². The second-order valence-corrected chi connectivity index (χ2v) is 13.8. The minimum Gasteiger partial charge on any atom is -0.463 e. The van der Waals surface area contributed by atoms with E-state index < -0.39 is 71.6 Å². The molecule has 2 aromatic carbocycles. The summed E-state index contributed by atoms with van der Waals surface area (Å²) in [5.41, 5.74) is -0.474. The molecule has 5 rings (SSSR count). The van der Waals surface area contributed by atoms with Crippen molar-refractivity contribution in [1.82, 2.24) is 15.1 Å². The molecule has 7 atom stereocenters. The van der Waals surface area contributed by atoms with Gasteiger partial charge in [-0.25, -0.2) is 0 Å². The molecule has 0 unspecified atom stereocenters. The molecule has 3 aliphatic heterocycles. The van der Waals surface area contributed by atoms with Gasteiger partial charge in [0, 0.05) is 18.5 Å². The molecule has 3 heterocycles. The minimum absolute atomic E-state index is 0.0936. The van der Waals surface area contributed by atoms with Gasteiger partial charge in [-0.05, 0) is 51.2 Å². The van der Waals surface area contributed by atoms with Crippen molar-refractivity contribution in [3.63, 3.8) is 0 Å². The summed E-state index contributed by atoms with van der Waals surface area (Å²) < 4.78 is 12.2. The predicted molar refractivity (Wildman–Crippen MR) is 180 cm³/mol. The molecule has 0 aliphatic carbocycles. The number of benzene rings is 2. The lowest BCUT2D eigenvalue weighted by Crippen LogP contribution is -2.60. The van der Waals surface area contributed by atoms with E-state index in [0.29, 0.717) is 24.8 Å². The van der Waals surface area contributed by atoms with E-state index in [1.807, 2.05) is 81.4 Å². The van der Waals surface area contributed by atoms with Crippen LogP contribution in [0.25, 0.3) is 0 Å². The molecule has 2 N–H and O–H groups in total. The second-order valence-electron chi connectivity index (χ2n) is 13.8. The van der Waals surface area contributed by atoms with E-state index >= 15 is 0 Å². The molecule has 3 fully saturated rings. The average molecular weight is 658 g/mol. The first-order chi connectivity index (χ1) is 23.0. The van der Waals surface area contributed by atoms with E-state index in [1.165, 1.54) is 4.90 Å². The monoisotopic (exact) mass is 657 g/mol. The molecule has 2 aromatic rings. The number of nitrogens with zero attached hydrogens (tertiary/aromatic N) is 2. The number of carbonyl (C=O) groups excluding carboxylic acids is 4. The number of rotatable bonds is 14. The third kappa shape index (κ3) is 6.56. The number of hydrogen-bond donors (Lipinski definition) is 2. The summed E-state index contributed by atoms with van der Waals surface area (Å²) in [4.78, 5) is 59.4. The van der Waals surface area contributed by atoms with Gasteiger partial charge in [0.15, 0.2) is 0 Å². The van der Waals surface area contributed by atoms with Gasteiger partial charge in [-0.3, -0.25) is 19.2 Å². The molecule has 1 spiro atoms. The van der Waals surface area contributed by atoms with Crippen LogP contribution in [0.15, 0.2) is 86.0 Å². The Morgan fingerprint density at radius 3 is 2.31 bits per heavy atom. The molecule has 2 bridgehead atoms. The van der Waals surface area contributed by atoms with Crippen molar-refractivity contribution in [2.24, 2.45) is 11.8 Å². The predicted octanol–water partition coefficient (Wildman–Crippen LogP) is 4.27. The number of allylic oxidation sites excluding steroid dienone is 1. The van der Waals surface area contributed by atoms with Gasteiger partial charge in [-0.2, -0.15) is 0 Å². The van der Waals surface area contributed by atoms with Crippen LogP contribution in [0, 0.1) is 11.8 Å². The zero-order valence-corrected chi connectivity index (χ0v) is 28.0. The second kappa shape index (κ2) is 14.5. The topological polar surface area (TPSA) is 125 Å². The highest BCUT2D eigenvalue weighted by Gasteiger charge is 2.75. The van der Waals surface area contributed by atoms with Crippen molar-refractivity contribution in [2.75, 3.05) is 19.8 Å². The summed E-state index contributed by atoms with van der Waals surface area (Å²) >= 11 is 0. The van der Waals surface area contributed by atoms with Crippen molar-refractivity contribution in [3.05, 3.63) is 97.1 Å². The lowest BCUT2D eigenvalue weighted by atomic mass is 9.70. The molecular weight excluding hydrogens is 610 g/mol. The number of hydrogen-bond acceptors (Lipinski definition) is 7. The number of ether oxygens (including phenoxy) is 2. The van der Waals surface area contributed by atoms with Gasteiger partial charge in [-0.1, -0.05) is 72.8 Å². The number of esters is 1. The van der Waals surface area contributed by atoms with Crippen molar-refractivity contribution in [3.8, 4) is 0 Å². The average Bonchev–Trinajstić information content (AvgIpc) is 3.72. The van der Waals surface area contributed by atoms with Crippen LogP contribution in [0.1, 0.15) is 69.7 Å². The summed E-state index contributed by atoms with van der Waals surface area (Å²) in [5, 5.41) is 13.8. The van der Waals surface area contributed by atoms with E-state index in [2.05, 4.69) is 18.5 Å². The lowest BCUT2D eigenvalue weighted by Gasteiger charge is -2.43. The number of carbonyl (C=O) groups is 4. The first-order valence-electron chi connectivity index (χ1n) is 16.7. The van der Waals surface area contributed by atoms with Crippen LogP contribution < -0.4 is 5.32 Å². The number of likely N-dealkylation sites (tertiary alicyclic amines) is 1. The highest BCUT2D eigenvalue weighted by molar-refractivity contribution is 5.99. The fraction of sp³-hybridized carbons (Fsp3) is 0.474. The van der Waals surface area contributed by atoms with E-state index in [9.17, 15) is 24.3 Å². The molecule has 3 aliphatic rings. The first-order valence-corrected chi connectivity index (χ1v) is 16.7. The van der Waals surface area contributed by atoms with Crippen LogP contribution >= 0.6 is 0 Å². The van der Waals surface area contributed by atoms with Crippen LogP contribution in [0.5, 0.6) is 0 Å². The summed E-state index contributed by atoms with van der Waals surface area (Å²) in [6.07, 6.45) is 4.24. The molecule has 256 valence electrons. The van der Waals surface area contributed by atoms with Crippen LogP contribution in [-0.4, -0.2) is 81.6 Å². The van der Waals surface area contributed by atoms with E-state index in [1.54, 1.807) is 17.1 Å². The maximum absolute atomic E-state index is 14.8. The number of aliphatic hydroxyl groups is 1. The van der Waals surface area contributed by atoms with Crippen LogP contribution in [0.3, 0.4) is 0 Å². The fourth-order valence-electron chi connectivity index (χ4n) is 7.65. The largest absolute Gasteiger partial charge is 0.463 e. The summed E-state index contributed by atoms with van der Waals surface area (Å²) in [6.45, 7) is 13.0. The maximum Gasteiger partial charge on any atom is 0.306 e. The summed E-state index contributed by atoms with van der Waals surface area (Å²) in [7, 11) is 0. The standard InChI is InChI=1S/C38H47N3O7/c1-6-8-19-30(43)47-24-27(25-15-11-9-12-16-25)39-34(44)31-29-20-21-38(48-29)32(31)35(45)41(28(23-42)26-17-13-10-14-18-26)33(38)36(46)40(22-7-2)37(3,4)5/h6-7,9-18,27-29,31-33,42H,1-2,8,19-24H2,3-5H3,(H,39,44)/t27-,28-,29+,31-,32-,33+,38-/m1/s1. The lowest BCUT2D eigenvalue weighted by molar-refractivity contribution is -0.154. The van der Waals surface area contributed by atoms with Gasteiger partial charge < -0.3 is 29.7 Å². The Labute approximate surface area is 282 Å². The molecule has 3 amide bonds. The first kappa shape index (κ1) is 35.0. The third-order valence-corrected chi connectivity index (χ3v) is 9.84. The normalized spacial score (nSPS) is 25.6. The van der Waals surface area contributed by atoms with Gasteiger partial charge in [-0.15, -0.1) is 13.2 Å². The molecule has 0 radical (unpaired) electrons. The van der Waals surface area contributed by atoms with E-state index in [4.69, 9.17) is 9.47 Å². The Morgan fingerprint density at radius 2 is 1.73 bits per heavy atom. The smallest absolute Gasteiger partial charge is 0.306 e. The van der Waals surface area contributed by atoms with Gasteiger partial charge >= 0.3 is 5.97 Å². The van der Waals surface area contributed by atoms with E-state index in [-0.39, 0.29) is 25.5 Å². The van der Waals surface area contributed by atoms with Gasteiger partial charge in [0.1, 0.15) is 18.2 Å². The number of fused-ring (bicyclic) bond motifs is 1. The zero-order valence-electron chi connectivity index (χ0n) is 28.0. The van der Waals surface area contributed by atoms with E-state index in [0.717, 1.165) is 5.56 Å².